The third kappa shape index (κ3) is 3.97. The molecule has 1 N–H and O–H groups in total. The van der Waals surface area contributed by atoms with Crippen LogP contribution in [-0.2, 0) is 10.0 Å². The predicted molar refractivity (Wildman–Crippen MR) is 88.3 cm³/mol. The fourth-order valence-corrected chi connectivity index (χ4v) is 3.15. The van der Waals surface area contributed by atoms with Crippen LogP contribution in [0.3, 0.4) is 0 Å². The van der Waals surface area contributed by atoms with E-state index in [1.807, 2.05) is 0 Å². The van der Waals surface area contributed by atoms with E-state index in [2.05, 4.69) is 11.3 Å². The first-order chi connectivity index (χ1) is 11.0. The van der Waals surface area contributed by atoms with E-state index in [1.165, 1.54) is 30.3 Å². The standard InChI is InChI=1S/C17H16F3NO2S/c1-11-4-7-14(8-5-11)24(22,23)21-16-9-6-12(2)10-15(16)13(3)17(18,19)20/h4-10,21H,3H2,1-2H3. The van der Waals surface area contributed by atoms with Gasteiger partial charge in [0.2, 0.25) is 0 Å². The van der Waals surface area contributed by atoms with E-state index in [9.17, 15) is 21.6 Å². The Balaban J connectivity index is 2.46. The Morgan fingerprint density at radius 1 is 1.00 bits per heavy atom. The molecule has 0 fully saturated rings. The van der Waals surface area contributed by atoms with Crippen LogP contribution >= 0.6 is 0 Å². The number of sulfonamides is 1. The van der Waals surface area contributed by atoms with E-state index in [1.54, 1.807) is 26.0 Å². The summed E-state index contributed by atoms with van der Waals surface area (Å²) in [6.07, 6.45) is -4.65. The molecule has 0 spiro atoms. The second kappa shape index (κ2) is 6.32. The van der Waals surface area contributed by atoms with E-state index in [4.69, 9.17) is 0 Å². The van der Waals surface area contributed by atoms with Crippen LogP contribution in [0.25, 0.3) is 5.57 Å². The Hall–Kier alpha value is -2.28. The molecule has 2 aromatic rings. The summed E-state index contributed by atoms with van der Waals surface area (Å²) in [7, 11) is -4.00. The molecule has 128 valence electrons. The van der Waals surface area contributed by atoms with Gasteiger partial charge in [0.15, 0.2) is 0 Å². The molecule has 2 aromatic carbocycles. The second-order valence-electron chi connectivity index (χ2n) is 5.44. The highest BCUT2D eigenvalue weighted by molar-refractivity contribution is 7.92. The molecule has 0 aliphatic rings. The van der Waals surface area contributed by atoms with Crippen LogP contribution in [0.2, 0.25) is 0 Å². The molecule has 3 nitrogen and oxygen atoms in total. The van der Waals surface area contributed by atoms with Crippen molar-refractivity contribution in [1.29, 1.82) is 0 Å². The summed E-state index contributed by atoms with van der Waals surface area (Å²) in [4.78, 5) is -0.0303. The minimum absolute atomic E-state index is 0.0303. The van der Waals surface area contributed by atoms with Crippen molar-refractivity contribution in [2.45, 2.75) is 24.9 Å². The lowest BCUT2D eigenvalue weighted by Gasteiger charge is -2.17. The van der Waals surface area contributed by atoms with E-state index < -0.39 is 21.8 Å². The minimum atomic E-state index is -4.65. The van der Waals surface area contributed by atoms with Crippen LogP contribution in [0, 0.1) is 13.8 Å². The van der Waals surface area contributed by atoms with Crippen molar-refractivity contribution in [3.63, 3.8) is 0 Å². The molecule has 0 saturated carbocycles. The number of rotatable bonds is 4. The van der Waals surface area contributed by atoms with E-state index in [-0.39, 0.29) is 16.1 Å². The fourth-order valence-electron chi connectivity index (χ4n) is 2.07. The third-order valence-electron chi connectivity index (χ3n) is 3.42. The topological polar surface area (TPSA) is 46.2 Å². The van der Waals surface area contributed by atoms with E-state index >= 15 is 0 Å². The zero-order chi connectivity index (χ0) is 18.1. The third-order valence-corrected chi connectivity index (χ3v) is 4.80. The average Bonchev–Trinajstić information content (AvgIpc) is 2.47. The highest BCUT2D eigenvalue weighted by Gasteiger charge is 2.34. The second-order valence-corrected chi connectivity index (χ2v) is 7.13. The predicted octanol–water partition coefficient (Wildman–Crippen LogP) is 4.68. The molecular formula is C17H16F3NO2S. The molecule has 0 aliphatic heterocycles. The Labute approximate surface area is 138 Å². The van der Waals surface area contributed by atoms with Gasteiger partial charge in [0.1, 0.15) is 0 Å². The summed E-state index contributed by atoms with van der Waals surface area (Å²) in [5.74, 6) is 0. The number of aryl methyl sites for hydroxylation is 2. The van der Waals surface area contributed by atoms with Crippen LogP contribution in [0.15, 0.2) is 53.9 Å². The van der Waals surface area contributed by atoms with Crippen molar-refractivity contribution in [2.75, 3.05) is 4.72 Å². The number of nitrogens with one attached hydrogen (secondary N) is 1. The number of hydrogen-bond acceptors (Lipinski definition) is 2. The van der Waals surface area contributed by atoms with Gasteiger partial charge in [-0.3, -0.25) is 4.72 Å². The van der Waals surface area contributed by atoms with Gasteiger partial charge in [-0.15, -0.1) is 0 Å². The van der Waals surface area contributed by atoms with Crippen molar-refractivity contribution >= 4 is 21.3 Å². The summed E-state index contributed by atoms with van der Waals surface area (Å²) in [6, 6.07) is 10.1. The first kappa shape index (κ1) is 18.1. The van der Waals surface area contributed by atoms with Crippen LogP contribution in [0.1, 0.15) is 16.7 Å². The fraction of sp³-hybridized carbons (Fsp3) is 0.176. The lowest BCUT2D eigenvalue weighted by atomic mass is 10.0. The van der Waals surface area contributed by atoms with Gasteiger partial charge in [-0.2, -0.15) is 13.2 Å². The van der Waals surface area contributed by atoms with Crippen LogP contribution in [0.4, 0.5) is 18.9 Å². The first-order valence-electron chi connectivity index (χ1n) is 6.97. The molecular weight excluding hydrogens is 339 g/mol. The Morgan fingerprint density at radius 2 is 1.54 bits per heavy atom. The number of halogens is 3. The van der Waals surface area contributed by atoms with Crippen LogP contribution in [0.5, 0.6) is 0 Å². The van der Waals surface area contributed by atoms with Crippen molar-refractivity contribution < 1.29 is 21.6 Å². The summed E-state index contributed by atoms with van der Waals surface area (Å²) in [5.41, 5.74) is -0.126. The first-order valence-corrected chi connectivity index (χ1v) is 8.45. The van der Waals surface area contributed by atoms with E-state index in [0.29, 0.717) is 5.56 Å². The molecule has 0 radical (unpaired) electrons. The Kier molecular flexibility index (Phi) is 4.75. The highest BCUT2D eigenvalue weighted by Crippen LogP contribution is 2.37. The highest BCUT2D eigenvalue weighted by atomic mass is 32.2. The zero-order valence-electron chi connectivity index (χ0n) is 13.1. The van der Waals surface area contributed by atoms with Crippen molar-refractivity contribution in [2.24, 2.45) is 0 Å². The Morgan fingerprint density at radius 3 is 2.08 bits per heavy atom. The van der Waals surface area contributed by atoms with Crippen LogP contribution < -0.4 is 4.72 Å². The maximum absolute atomic E-state index is 13.0. The average molecular weight is 355 g/mol. The zero-order valence-corrected chi connectivity index (χ0v) is 13.9. The smallest absolute Gasteiger partial charge is 0.279 e. The molecule has 0 bridgehead atoms. The van der Waals surface area contributed by atoms with Gasteiger partial charge in [-0.05, 0) is 38.1 Å². The molecule has 7 heteroatoms. The van der Waals surface area contributed by atoms with Gasteiger partial charge < -0.3 is 0 Å². The number of anilines is 1. The SMILES string of the molecule is C=C(c1cc(C)ccc1NS(=O)(=O)c1ccc(C)cc1)C(F)(F)F. The maximum atomic E-state index is 13.0. The molecule has 0 amide bonds. The maximum Gasteiger partial charge on any atom is 0.416 e. The monoisotopic (exact) mass is 355 g/mol. The number of hydrogen-bond donors (Lipinski definition) is 1. The number of allylic oxidation sites excluding steroid dienone is 1. The normalized spacial score (nSPS) is 12.0. The lowest BCUT2D eigenvalue weighted by molar-refractivity contribution is -0.0686. The van der Waals surface area contributed by atoms with Gasteiger partial charge in [0, 0.05) is 5.56 Å². The molecule has 0 aromatic heterocycles. The van der Waals surface area contributed by atoms with Gasteiger partial charge in [0.05, 0.1) is 16.2 Å². The quantitative estimate of drug-likeness (QED) is 0.866. The minimum Gasteiger partial charge on any atom is -0.279 e. The lowest BCUT2D eigenvalue weighted by Crippen LogP contribution is -2.16. The van der Waals surface area contributed by atoms with Gasteiger partial charge in [-0.25, -0.2) is 8.42 Å². The number of alkyl halides is 3. The van der Waals surface area contributed by atoms with Gasteiger partial charge >= 0.3 is 6.18 Å². The molecule has 24 heavy (non-hydrogen) atoms. The van der Waals surface area contributed by atoms with Crippen molar-refractivity contribution in [3.8, 4) is 0 Å². The molecule has 0 heterocycles. The summed E-state index contributed by atoms with van der Waals surface area (Å²) in [6.45, 7) is 6.47. The molecule has 0 saturated heterocycles. The molecule has 0 unspecified atom stereocenters. The largest absolute Gasteiger partial charge is 0.416 e. The summed E-state index contributed by atoms with van der Waals surface area (Å²) >= 11 is 0. The van der Waals surface area contributed by atoms with Gasteiger partial charge in [-0.1, -0.05) is 35.9 Å². The molecule has 2 rings (SSSR count). The molecule has 0 aliphatic carbocycles. The van der Waals surface area contributed by atoms with E-state index in [0.717, 1.165) is 5.56 Å². The Bertz CT molecular complexity index is 870. The van der Waals surface area contributed by atoms with Crippen molar-refractivity contribution in [1.82, 2.24) is 0 Å². The van der Waals surface area contributed by atoms with Crippen molar-refractivity contribution in [3.05, 3.63) is 65.7 Å². The molecule has 0 atom stereocenters. The van der Waals surface area contributed by atoms with Gasteiger partial charge in [0.25, 0.3) is 10.0 Å². The summed E-state index contributed by atoms with van der Waals surface area (Å²) < 4.78 is 65.9. The van der Waals surface area contributed by atoms with Crippen LogP contribution in [-0.4, -0.2) is 14.6 Å². The summed E-state index contributed by atoms with van der Waals surface area (Å²) in [5, 5.41) is 0. The number of benzene rings is 2.